The Morgan fingerprint density at radius 1 is 0.739 bits per heavy atom. The molecule has 0 saturated heterocycles. The van der Waals surface area contributed by atoms with Crippen LogP contribution in [0.25, 0.3) is 11.1 Å². The summed E-state index contributed by atoms with van der Waals surface area (Å²) in [6.45, 7) is 3.66. The van der Waals surface area contributed by atoms with Crippen LogP contribution in [0.2, 0.25) is 0 Å². The third-order valence-corrected chi connectivity index (χ3v) is 3.54. The predicted octanol–water partition coefficient (Wildman–Crippen LogP) is 6.51. The molecule has 2 aromatic rings. The van der Waals surface area contributed by atoms with Gasteiger partial charge in [0.2, 0.25) is 0 Å². The SMILES string of the molecule is CC(C)c1ccc(C(F)(F)F)c(-c2ccc(C(F)(F)F)cc2)c1. The van der Waals surface area contributed by atoms with Crippen LogP contribution < -0.4 is 0 Å². The number of hydrogen-bond acceptors (Lipinski definition) is 0. The lowest BCUT2D eigenvalue weighted by molar-refractivity contribution is -0.138. The maximum absolute atomic E-state index is 13.2. The average Bonchev–Trinajstić information content (AvgIpc) is 2.45. The number of halogens is 6. The predicted molar refractivity (Wildman–Crippen MR) is 76.0 cm³/mol. The summed E-state index contributed by atoms with van der Waals surface area (Å²) in [5, 5.41) is 0. The largest absolute Gasteiger partial charge is 0.417 e. The Labute approximate surface area is 129 Å². The van der Waals surface area contributed by atoms with Gasteiger partial charge in [0.05, 0.1) is 11.1 Å². The fraction of sp³-hybridized carbons (Fsp3) is 0.294. The van der Waals surface area contributed by atoms with E-state index in [2.05, 4.69) is 0 Å². The van der Waals surface area contributed by atoms with Gasteiger partial charge < -0.3 is 0 Å². The molecule has 0 aromatic heterocycles. The van der Waals surface area contributed by atoms with Gasteiger partial charge in [0.25, 0.3) is 0 Å². The van der Waals surface area contributed by atoms with Crippen molar-refractivity contribution >= 4 is 0 Å². The zero-order valence-corrected chi connectivity index (χ0v) is 12.4. The van der Waals surface area contributed by atoms with Gasteiger partial charge in [-0.15, -0.1) is 0 Å². The molecule has 23 heavy (non-hydrogen) atoms. The molecule has 0 spiro atoms. The molecule has 0 aliphatic carbocycles. The summed E-state index contributed by atoms with van der Waals surface area (Å²) in [6, 6.07) is 7.46. The van der Waals surface area contributed by atoms with Crippen molar-refractivity contribution in [3.8, 4) is 11.1 Å². The second-order valence-electron chi connectivity index (χ2n) is 5.53. The van der Waals surface area contributed by atoms with E-state index >= 15 is 0 Å². The monoisotopic (exact) mass is 332 g/mol. The fourth-order valence-electron chi connectivity index (χ4n) is 2.25. The van der Waals surface area contributed by atoms with E-state index < -0.39 is 23.5 Å². The lowest BCUT2D eigenvalue weighted by Gasteiger charge is -2.16. The first-order valence-electron chi connectivity index (χ1n) is 6.89. The van der Waals surface area contributed by atoms with Crippen LogP contribution in [0.5, 0.6) is 0 Å². The van der Waals surface area contributed by atoms with Crippen molar-refractivity contribution in [1.82, 2.24) is 0 Å². The Hall–Kier alpha value is -1.98. The standard InChI is InChI=1S/C17H14F6/c1-10(2)12-5-8-15(17(21,22)23)14(9-12)11-3-6-13(7-4-11)16(18,19)20/h3-10H,1-2H3. The van der Waals surface area contributed by atoms with E-state index in [0.717, 1.165) is 30.3 Å². The second kappa shape index (κ2) is 5.91. The molecule has 0 bridgehead atoms. The third-order valence-electron chi connectivity index (χ3n) is 3.54. The van der Waals surface area contributed by atoms with Crippen LogP contribution in [0.1, 0.15) is 36.5 Å². The fourth-order valence-corrected chi connectivity index (χ4v) is 2.25. The topological polar surface area (TPSA) is 0 Å². The summed E-state index contributed by atoms with van der Waals surface area (Å²) in [6.07, 6.45) is -9.10. The molecule has 0 nitrogen and oxygen atoms in total. The molecule has 0 atom stereocenters. The van der Waals surface area contributed by atoms with E-state index in [1.54, 1.807) is 0 Å². The molecule has 0 unspecified atom stereocenters. The maximum Gasteiger partial charge on any atom is 0.417 e. The van der Waals surface area contributed by atoms with Gasteiger partial charge in [0, 0.05) is 0 Å². The second-order valence-corrected chi connectivity index (χ2v) is 5.53. The molecule has 2 aromatic carbocycles. The quantitative estimate of drug-likeness (QED) is 0.550. The number of alkyl halides is 6. The lowest BCUT2D eigenvalue weighted by atomic mass is 9.92. The Bertz CT molecular complexity index is 678. The van der Waals surface area contributed by atoms with E-state index in [1.165, 1.54) is 12.1 Å². The zero-order valence-electron chi connectivity index (χ0n) is 12.4. The summed E-state index contributed by atoms with van der Waals surface area (Å²) in [5.41, 5.74) is -1.07. The van der Waals surface area contributed by atoms with Crippen LogP contribution in [-0.2, 0) is 12.4 Å². The molecule has 0 N–H and O–H groups in total. The molecule has 0 heterocycles. The van der Waals surface area contributed by atoms with Gasteiger partial charge in [0.1, 0.15) is 0 Å². The highest BCUT2D eigenvalue weighted by molar-refractivity contribution is 5.69. The molecule has 2 rings (SSSR count). The van der Waals surface area contributed by atoms with Gasteiger partial charge in [-0.05, 0) is 40.8 Å². The van der Waals surface area contributed by atoms with Crippen molar-refractivity contribution in [1.29, 1.82) is 0 Å². The van der Waals surface area contributed by atoms with Gasteiger partial charge >= 0.3 is 12.4 Å². The minimum absolute atomic E-state index is 0.00508. The van der Waals surface area contributed by atoms with Gasteiger partial charge in [-0.1, -0.05) is 38.1 Å². The number of hydrogen-bond donors (Lipinski definition) is 0. The van der Waals surface area contributed by atoms with E-state index in [-0.39, 0.29) is 17.0 Å². The van der Waals surface area contributed by atoms with E-state index in [9.17, 15) is 26.3 Å². The van der Waals surface area contributed by atoms with Gasteiger partial charge in [-0.2, -0.15) is 26.3 Å². The van der Waals surface area contributed by atoms with Crippen LogP contribution in [0, 0.1) is 0 Å². The molecule has 0 amide bonds. The van der Waals surface area contributed by atoms with E-state index in [0.29, 0.717) is 5.56 Å². The average molecular weight is 332 g/mol. The minimum Gasteiger partial charge on any atom is -0.166 e. The molecule has 124 valence electrons. The van der Waals surface area contributed by atoms with Crippen molar-refractivity contribution in [2.45, 2.75) is 32.1 Å². The highest BCUT2D eigenvalue weighted by atomic mass is 19.4. The van der Waals surface area contributed by atoms with Crippen molar-refractivity contribution in [2.75, 3.05) is 0 Å². The van der Waals surface area contributed by atoms with Crippen molar-refractivity contribution in [3.63, 3.8) is 0 Å². The van der Waals surface area contributed by atoms with Gasteiger partial charge in [-0.25, -0.2) is 0 Å². The van der Waals surface area contributed by atoms with Crippen molar-refractivity contribution < 1.29 is 26.3 Å². The van der Waals surface area contributed by atoms with Crippen molar-refractivity contribution in [3.05, 3.63) is 59.2 Å². The summed E-state index contributed by atoms with van der Waals surface area (Å²) >= 11 is 0. The molecular formula is C17H14F6. The highest BCUT2D eigenvalue weighted by Crippen LogP contribution is 2.39. The van der Waals surface area contributed by atoms with Crippen LogP contribution in [0.15, 0.2) is 42.5 Å². The van der Waals surface area contributed by atoms with Crippen LogP contribution in [-0.4, -0.2) is 0 Å². The third kappa shape index (κ3) is 3.86. The summed E-state index contributed by atoms with van der Waals surface area (Å²) in [7, 11) is 0. The summed E-state index contributed by atoms with van der Waals surface area (Å²) < 4.78 is 77.2. The molecule has 0 fully saturated rings. The minimum atomic E-state index is -4.58. The van der Waals surface area contributed by atoms with Gasteiger partial charge in [0.15, 0.2) is 0 Å². The highest BCUT2D eigenvalue weighted by Gasteiger charge is 2.34. The first-order valence-corrected chi connectivity index (χ1v) is 6.89. The Morgan fingerprint density at radius 3 is 1.74 bits per heavy atom. The summed E-state index contributed by atoms with van der Waals surface area (Å²) in [5.74, 6) is 0.00508. The van der Waals surface area contributed by atoms with Crippen LogP contribution in [0.4, 0.5) is 26.3 Å². The Kier molecular flexibility index (Phi) is 4.46. The summed E-state index contributed by atoms with van der Waals surface area (Å²) in [4.78, 5) is 0. The molecule has 0 aliphatic rings. The normalized spacial score (nSPS) is 12.7. The molecular weight excluding hydrogens is 318 g/mol. The molecule has 6 heteroatoms. The smallest absolute Gasteiger partial charge is 0.166 e. The number of benzene rings is 2. The van der Waals surface area contributed by atoms with Gasteiger partial charge in [-0.3, -0.25) is 0 Å². The van der Waals surface area contributed by atoms with Crippen molar-refractivity contribution in [2.24, 2.45) is 0 Å². The molecule has 0 radical (unpaired) electrons. The first-order chi connectivity index (χ1) is 10.5. The van der Waals surface area contributed by atoms with Crippen LogP contribution >= 0.6 is 0 Å². The van der Waals surface area contributed by atoms with E-state index in [1.807, 2.05) is 13.8 Å². The maximum atomic E-state index is 13.2. The molecule has 0 saturated carbocycles. The zero-order chi connectivity index (χ0) is 17.4. The van der Waals surface area contributed by atoms with Crippen LogP contribution in [0.3, 0.4) is 0 Å². The number of rotatable bonds is 2. The first kappa shape index (κ1) is 17.4. The molecule has 0 aliphatic heterocycles. The Morgan fingerprint density at radius 2 is 1.30 bits per heavy atom. The van der Waals surface area contributed by atoms with E-state index in [4.69, 9.17) is 0 Å². The lowest BCUT2D eigenvalue weighted by Crippen LogP contribution is -2.08. The Balaban J connectivity index is 2.58.